The summed E-state index contributed by atoms with van der Waals surface area (Å²) in [5.74, 6) is 0.155. The molecule has 5 heteroatoms. The number of hydrogen-bond acceptors (Lipinski definition) is 4. The van der Waals surface area contributed by atoms with Gasteiger partial charge in [-0.15, -0.1) is 0 Å². The summed E-state index contributed by atoms with van der Waals surface area (Å²) in [5, 5.41) is 0. The van der Waals surface area contributed by atoms with E-state index in [9.17, 15) is 4.79 Å². The highest BCUT2D eigenvalue weighted by atomic mass is 16.5. The second kappa shape index (κ2) is 6.81. The summed E-state index contributed by atoms with van der Waals surface area (Å²) in [6, 6.07) is 5.40. The number of pyridine rings is 1. The number of morpholine rings is 1. The van der Waals surface area contributed by atoms with Crippen molar-refractivity contribution in [2.45, 2.75) is 32.9 Å². The number of rotatable bonds is 5. The van der Waals surface area contributed by atoms with Crippen LogP contribution in [0.4, 0.5) is 0 Å². The summed E-state index contributed by atoms with van der Waals surface area (Å²) in [4.78, 5) is 17.8. The first-order valence-electron chi connectivity index (χ1n) is 7.14. The van der Waals surface area contributed by atoms with E-state index in [1.54, 1.807) is 6.07 Å². The molecule has 0 radical (unpaired) electrons. The normalized spacial score (nSPS) is 20.2. The number of amides is 1. The van der Waals surface area contributed by atoms with Crippen LogP contribution >= 0.6 is 0 Å². The molecule has 0 aromatic carbocycles. The Morgan fingerprint density at radius 1 is 1.55 bits per heavy atom. The van der Waals surface area contributed by atoms with Gasteiger partial charge in [-0.25, -0.2) is 4.98 Å². The molecule has 0 bridgehead atoms. The largest absolute Gasteiger partial charge is 0.376 e. The molecule has 1 aromatic heterocycles. The lowest BCUT2D eigenvalue weighted by atomic mass is 10.0. The number of primary amides is 1. The van der Waals surface area contributed by atoms with E-state index in [2.05, 4.69) is 23.7 Å². The van der Waals surface area contributed by atoms with Crippen molar-refractivity contribution in [3.8, 4) is 0 Å². The second-order valence-corrected chi connectivity index (χ2v) is 5.74. The van der Waals surface area contributed by atoms with Gasteiger partial charge in [0, 0.05) is 19.6 Å². The molecule has 2 N–H and O–H groups in total. The van der Waals surface area contributed by atoms with Crippen LogP contribution in [-0.4, -0.2) is 41.6 Å². The van der Waals surface area contributed by atoms with Gasteiger partial charge in [0.15, 0.2) is 0 Å². The molecular formula is C15H23N3O2. The number of nitrogens with zero attached hydrogens (tertiary/aromatic N) is 2. The summed E-state index contributed by atoms with van der Waals surface area (Å²) in [7, 11) is 0. The van der Waals surface area contributed by atoms with E-state index in [0.29, 0.717) is 17.7 Å². The van der Waals surface area contributed by atoms with Crippen LogP contribution in [0.25, 0.3) is 0 Å². The van der Waals surface area contributed by atoms with Crippen molar-refractivity contribution < 1.29 is 9.53 Å². The van der Waals surface area contributed by atoms with Crippen molar-refractivity contribution in [2.75, 3.05) is 19.7 Å². The van der Waals surface area contributed by atoms with E-state index < -0.39 is 5.91 Å². The van der Waals surface area contributed by atoms with Crippen molar-refractivity contribution in [3.63, 3.8) is 0 Å². The molecule has 1 atom stereocenters. The lowest BCUT2D eigenvalue weighted by Crippen LogP contribution is -2.42. The van der Waals surface area contributed by atoms with E-state index >= 15 is 0 Å². The minimum Gasteiger partial charge on any atom is -0.376 e. The second-order valence-electron chi connectivity index (χ2n) is 5.74. The monoisotopic (exact) mass is 277 g/mol. The first-order chi connectivity index (χ1) is 9.54. The quantitative estimate of drug-likeness (QED) is 0.884. The van der Waals surface area contributed by atoms with Gasteiger partial charge in [-0.3, -0.25) is 9.69 Å². The first-order valence-corrected chi connectivity index (χ1v) is 7.14. The number of aromatic nitrogens is 1. The molecule has 0 aliphatic carbocycles. The SMILES string of the molecule is CC(C)CC1CN(Cc2cccc(C(N)=O)n2)CCO1. The fourth-order valence-electron chi connectivity index (χ4n) is 2.53. The minimum atomic E-state index is -0.480. The highest BCUT2D eigenvalue weighted by molar-refractivity contribution is 5.90. The number of hydrogen-bond donors (Lipinski definition) is 1. The van der Waals surface area contributed by atoms with Gasteiger partial charge < -0.3 is 10.5 Å². The third kappa shape index (κ3) is 4.28. The molecule has 2 rings (SSSR count). The molecule has 1 aromatic rings. The Morgan fingerprint density at radius 3 is 3.05 bits per heavy atom. The Labute approximate surface area is 120 Å². The van der Waals surface area contributed by atoms with Crippen LogP contribution in [0.3, 0.4) is 0 Å². The highest BCUT2D eigenvalue weighted by Gasteiger charge is 2.21. The fraction of sp³-hybridized carbons (Fsp3) is 0.600. The highest BCUT2D eigenvalue weighted by Crippen LogP contribution is 2.15. The number of carbonyl (C=O) groups is 1. The zero-order valence-corrected chi connectivity index (χ0v) is 12.2. The lowest BCUT2D eigenvalue weighted by molar-refractivity contribution is -0.0403. The Kier molecular flexibility index (Phi) is 5.09. The average molecular weight is 277 g/mol. The van der Waals surface area contributed by atoms with Crippen LogP contribution in [0.15, 0.2) is 18.2 Å². The van der Waals surface area contributed by atoms with Crippen molar-refractivity contribution in [2.24, 2.45) is 11.7 Å². The summed E-state index contributed by atoms with van der Waals surface area (Å²) in [5.41, 5.74) is 6.47. The summed E-state index contributed by atoms with van der Waals surface area (Å²) in [6.45, 7) is 7.73. The summed E-state index contributed by atoms with van der Waals surface area (Å²) in [6.07, 6.45) is 1.37. The van der Waals surface area contributed by atoms with Crippen LogP contribution in [0.5, 0.6) is 0 Å². The fourth-order valence-corrected chi connectivity index (χ4v) is 2.53. The molecule has 1 aliphatic rings. The third-order valence-corrected chi connectivity index (χ3v) is 3.40. The molecule has 1 fully saturated rings. The van der Waals surface area contributed by atoms with Gasteiger partial charge in [-0.05, 0) is 24.5 Å². The maximum atomic E-state index is 11.1. The summed E-state index contributed by atoms with van der Waals surface area (Å²) < 4.78 is 5.78. The Morgan fingerprint density at radius 2 is 2.35 bits per heavy atom. The van der Waals surface area contributed by atoms with Gasteiger partial charge in [0.05, 0.1) is 18.4 Å². The van der Waals surface area contributed by atoms with Crippen molar-refractivity contribution in [1.29, 1.82) is 0 Å². The van der Waals surface area contributed by atoms with Crippen LogP contribution in [0.2, 0.25) is 0 Å². The Bertz CT molecular complexity index is 462. The molecule has 0 spiro atoms. The average Bonchev–Trinajstić information content (AvgIpc) is 2.38. The van der Waals surface area contributed by atoms with Crippen LogP contribution in [0, 0.1) is 5.92 Å². The predicted octanol–water partition coefficient (Wildman–Crippen LogP) is 1.43. The molecular weight excluding hydrogens is 254 g/mol. The van der Waals surface area contributed by atoms with Crippen molar-refractivity contribution in [1.82, 2.24) is 9.88 Å². The Balaban J connectivity index is 1.95. The maximum absolute atomic E-state index is 11.1. The van der Waals surface area contributed by atoms with E-state index in [-0.39, 0.29) is 0 Å². The first kappa shape index (κ1) is 14.9. The zero-order valence-electron chi connectivity index (χ0n) is 12.2. The van der Waals surface area contributed by atoms with E-state index in [1.165, 1.54) is 0 Å². The van der Waals surface area contributed by atoms with Crippen LogP contribution in [0.1, 0.15) is 36.5 Å². The number of ether oxygens (including phenoxy) is 1. The maximum Gasteiger partial charge on any atom is 0.267 e. The number of nitrogens with two attached hydrogens (primary N) is 1. The molecule has 0 saturated carbocycles. The summed E-state index contributed by atoms with van der Waals surface area (Å²) >= 11 is 0. The molecule has 20 heavy (non-hydrogen) atoms. The van der Waals surface area contributed by atoms with E-state index in [4.69, 9.17) is 10.5 Å². The van der Waals surface area contributed by atoms with Gasteiger partial charge in [-0.2, -0.15) is 0 Å². The lowest BCUT2D eigenvalue weighted by Gasteiger charge is -2.33. The molecule has 5 nitrogen and oxygen atoms in total. The van der Waals surface area contributed by atoms with Crippen LogP contribution in [-0.2, 0) is 11.3 Å². The molecule has 1 aliphatic heterocycles. The van der Waals surface area contributed by atoms with E-state index in [0.717, 1.165) is 38.4 Å². The van der Waals surface area contributed by atoms with Gasteiger partial charge >= 0.3 is 0 Å². The molecule has 110 valence electrons. The zero-order chi connectivity index (χ0) is 14.5. The molecule has 2 heterocycles. The standard InChI is InChI=1S/C15H23N3O2/c1-11(2)8-13-10-18(6-7-20-13)9-12-4-3-5-14(17-12)15(16)19/h3-5,11,13H,6-10H2,1-2H3,(H2,16,19). The minimum absolute atomic E-state index is 0.295. The van der Waals surface area contributed by atoms with Gasteiger partial charge in [0.25, 0.3) is 5.91 Å². The topological polar surface area (TPSA) is 68.5 Å². The third-order valence-electron chi connectivity index (χ3n) is 3.40. The number of carbonyl (C=O) groups excluding carboxylic acids is 1. The van der Waals surface area contributed by atoms with Crippen LogP contribution < -0.4 is 5.73 Å². The van der Waals surface area contributed by atoms with E-state index in [1.807, 2.05) is 12.1 Å². The van der Waals surface area contributed by atoms with Crippen molar-refractivity contribution >= 4 is 5.91 Å². The van der Waals surface area contributed by atoms with Gasteiger partial charge in [-0.1, -0.05) is 19.9 Å². The molecule has 1 amide bonds. The van der Waals surface area contributed by atoms with Gasteiger partial charge in [0.2, 0.25) is 0 Å². The van der Waals surface area contributed by atoms with Crippen molar-refractivity contribution in [3.05, 3.63) is 29.6 Å². The smallest absolute Gasteiger partial charge is 0.267 e. The predicted molar refractivity (Wildman–Crippen MR) is 77.2 cm³/mol. The molecule has 1 saturated heterocycles. The van der Waals surface area contributed by atoms with Gasteiger partial charge in [0.1, 0.15) is 5.69 Å². The molecule has 1 unspecified atom stereocenters. The Hall–Kier alpha value is -1.46.